The van der Waals surface area contributed by atoms with Crippen molar-refractivity contribution in [2.24, 2.45) is 0 Å². The molecule has 0 spiro atoms. The van der Waals surface area contributed by atoms with Crippen LogP contribution in [0.5, 0.6) is 0 Å². The van der Waals surface area contributed by atoms with Crippen LogP contribution < -0.4 is 4.90 Å². The van der Waals surface area contributed by atoms with Gasteiger partial charge in [-0.05, 0) is 38.4 Å². The van der Waals surface area contributed by atoms with E-state index in [0.717, 1.165) is 30.2 Å². The second kappa shape index (κ2) is 6.41. The summed E-state index contributed by atoms with van der Waals surface area (Å²) >= 11 is 1.55. The molecule has 3 aliphatic heterocycles. The van der Waals surface area contributed by atoms with Gasteiger partial charge in [0.25, 0.3) is 0 Å². The van der Waals surface area contributed by atoms with Crippen LogP contribution in [0.15, 0.2) is 29.2 Å². The Labute approximate surface area is 147 Å². The molecule has 0 aromatic heterocycles. The SMILES string of the molecule is C[C@@H]1CN2CCC[C@H]2CN1C(=O)CN1C(=O)CSc2ccccc21. The fraction of sp³-hybridized carbons (Fsp3) is 0.556. The first-order valence-electron chi connectivity index (χ1n) is 8.69. The van der Waals surface area contributed by atoms with Crippen molar-refractivity contribution >= 4 is 29.3 Å². The van der Waals surface area contributed by atoms with E-state index in [1.165, 1.54) is 12.8 Å². The number of anilines is 1. The fourth-order valence-electron chi connectivity index (χ4n) is 4.09. The molecule has 5 nitrogen and oxygen atoms in total. The monoisotopic (exact) mass is 345 g/mol. The number of carbonyl (C=O) groups excluding carboxylic acids is 2. The molecule has 1 aromatic carbocycles. The average molecular weight is 345 g/mol. The predicted octanol–water partition coefficient (Wildman–Crippen LogP) is 1.82. The summed E-state index contributed by atoms with van der Waals surface area (Å²) in [7, 11) is 0. The number of hydrogen-bond donors (Lipinski definition) is 0. The highest BCUT2D eigenvalue weighted by Gasteiger charge is 2.37. The quantitative estimate of drug-likeness (QED) is 0.820. The molecule has 2 amide bonds. The highest BCUT2D eigenvalue weighted by molar-refractivity contribution is 8.00. The summed E-state index contributed by atoms with van der Waals surface area (Å²) in [6.07, 6.45) is 2.41. The summed E-state index contributed by atoms with van der Waals surface area (Å²) in [6.45, 7) is 5.20. The van der Waals surface area contributed by atoms with Crippen LogP contribution in [0.25, 0.3) is 0 Å². The van der Waals surface area contributed by atoms with Crippen molar-refractivity contribution in [1.29, 1.82) is 0 Å². The number of fused-ring (bicyclic) bond motifs is 2. The first-order chi connectivity index (χ1) is 11.6. The van der Waals surface area contributed by atoms with Crippen LogP contribution in [0.3, 0.4) is 0 Å². The molecule has 24 heavy (non-hydrogen) atoms. The summed E-state index contributed by atoms with van der Waals surface area (Å²) in [5.74, 6) is 0.513. The summed E-state index contributed by atoms with van der Waals surface area (Å²) in [6, 6.07) is 8.58. The Kier molecular flexibility index (Phi) is 4.26. The third kappa shape index (κ3) is 2.82. The average Bonchev–Trinajstić information content (AvgIpc) is 3.03. The van der Waals surface area contributed by atoms with E-state index in [9.17, 15) is 9.59 Å². The van der Waals surface area contributed by atoms with E-state index < -0.39 is 0 Å². The summed E-state index contributed by atoms with van der Waals surface area (Å²) in [5, 5.41) is 0. The lowest BCUT2D eigenvalue weighted by Gasteiger charge is -2.43. The number of hydrogen-bond acceptors (Lipinski definition) is 4. The summed E-state index contributed by atoms with van der Waals surface area (Å²) < 4.78 is 0. The molecule has 0 bridgehead atoms. The van der Waals surface area contributed by atoms with Crippen LogP contribution in [-0.2, 0) is 9.59 Å². The zero-order valence-electron chi connectivity index (χ0n) is 14.0. The maximum atomic E-state index is 12.9. The largest absolute Gasteiger partial charge is 0.336 e. The van der Waals surface area contributed by atoms with Gasteiger partial charge in [-0.15, -0.1) is 11.8 Å². The molecule has 0 saturated carbocycles. The van der Waals surface area contributed by atoms with Crippen LogP contribution in [-0.4, -0.2) is 65.6 Å². The molecule has 0 radical (unpaired) electrons. The van der Waals surface area contributed by atoms with E-state index in [0.29, 0.717) is 11.8 Å². The number of para-hydroxylation sites is 1. The lowest BCUT2D eigenvalue weighted by atomic mass is 10.1. The highest BCUT2D eigenvalue weighted by Crippen LogP contribution is 2.35. The molecular weight excluding hydrogens is 322 g/mol. The molecule has 0 aliphatic carbocycles. The fourth-order valence-corrected chi connectivity index (χ4v) is 5.02. The van der Waals surface area contributed by atoms with Gasteiger partial charge < -0.3 is 9.80 Å². The van der Waals surface area contributed by atoms with Gasteiger partial charge >= 0.3 is 0 Å². The van der Waals surface area contributed by atoms with Gasteiger partial charge in [0.05, 0.1) is 11.4 Å². The second-order valence-electron chi connectivity index (χ2n) is 6.92. The smallest absolute Gasteiger partial charge is 0.242 e. The van der Waals surface area contributed by atoms with Crippen LogP contribution in [0.2, 0.25) is 0 Å². The van der Waals surface area contributed by atoms with Gasteiger partial charge in [0.15, 0.2) is 0 Å². The van der Waals surface area contributed by atoms with Crippen LogP contribution >= 0.6 is 11.8 Å². The summed E-state index contributed by atoms with van der Waals surface area (Å²) in [4.78, 5) is 32.5. The van der Waals surface area contributed by atoms with Crippen molar-refractivity contribution in [1.82, 2.24) is 9.80 Å². The van der Waals surface area contributed by atoms with Gasteiger partial charge in [0.1, 0.15) is 6.54 Å². The Morgan fingerprint density at radius 1 is 1.29 bits per heavy atom. The zero-order chi connectivity index (χ0) is 16.7. The van der Waals surface area contributed by atoms with E-state index >= 15 is 0 Å². The first kappa shape index (κ1) is 16.0. The van der Waals surface area contributed by atoms with Crippen molar-refractivity contribution < 1.29 is 9.59 Å². The summed E-state index contributed by atoms with van der Waals surface area (Å²) in [5.41, 5.74) is 0.874. The van der Waals surface area contributed by atoms with Crippen LogP contribution in [0, 0.1) is 0 Å². The maximum absolute atomic E-state index is 12.9. The topological polar surface area (TPSA) is 43.9 Å². The Balaban J connectivity index is 1.50. The minimum atomic E-state index is 0.0270. The minimum Gasteiger partial charge on any atom is -0.336 e. The number of thioether (sulfide) groups is 1. The third-order valence-corrected chi connectivity index (χ3v) is 6.41. The molecule has 2 saturated heterocycles. The first-order valence-corrected chi connectivity index (χ1v) is 9.68. The number of carbonyl (C=O) groups is 2. The van der Waals surface area contributed by atoms with Crippen LogP contribution in [0.1, 0.15) is 19.8 Å². The maximum Gasteiger partial charge on any atom is 0.242 e. The van der Waals surface area contributed by atoms with E-state index in [1.54, 1.807) is 16.7 Å². The Hall–Kier alpha value is -1.53. The number of amides is 2. The molecule has 0 unspecified atom stereocenters. The van der Waals surface area contributed by atoms with E-state index in [-0.39, 0.29) is 24.4 Å². The van der Waals surface area contributed by atoms with Gasteiger partial charge in [0.2, 0.25) is 11.8 Å². The van der Waals surface area contributed by atoms with Gasteiger partial charge in [-0.1, -0.05) is 12.1 Å². The zero-order valence-corrected chi connectivity index (χ0v) is 14.8. The molecular formula is C18H23N3O2S. The van der Waals surface area contributed by atoms with Crippen molar-refractivity contribution in [3.05, 3.63) is 24.3 Å². The molecule has 2 atom stereocenters. The number of benzene rings is 1. The Morgan fingerprint density at radius 2 is 2.12 bits per heavy atom. The Bertz CT molecular complexity index is 665. The van der Waals surface area contributed by atoms with Crippen molar-refractivity contribution in [2.75, 3.05) is 36.8 Å². The predicted molar refractivity (Wildman–Crippen MR) is 95.3 cm³/mol. The molecule has 2 fully saturated rings. The number of piperazine rings is 1. The standard InChI is InChI=1S/C18H23N3O2S/c1-13-9-19-8-4-5-14(19)10-20(13)17(22)11-21-15-6-2-3-7-16(15)24-12-18(21)23/h2-3,6-7,13-14H,4-5,8-12H2,1H3/t13-,14+/m1/s1. The molecule has 6 heteroatoms. The normalized spacial score (nSPS) is 27.1. The lowest BCUT2D eigenvalue weighted by molar-refractivity contribution is -0.136. The van der Waals surface area contributed by atoms with Crippen LogP contribution in [0.4, 0.5) is 5.69 Å². The second-order valence-corrected chi connectivity index (χ2v) is 7.94. The van der Waals surface area contributed by atoms with E-state index in [1.807, 2.05) is 29.2 Å². The Morgan fingerprint density at radius 3 is 3.00 bits per heavy atom. The van der Waals surface area contributed by atoms with Crippen molar-refractivity contribution in [2.45, 2.75) is 36.7 Å². The van der Waals surface area contributed by atoms with Crippen molar-refractivity contribution in [3.63, 3.8) is 0 Å². The third-order valence-electron chi connectivity index (χ3n) is 5.36. The van der Waals surface area contributed by atoms with Gasteiger partial charge in [-0.2, -0.15) is 0 Å². The molecule has 4 rings (SSSR count). The minimum absolute atomic E-state index is 0.0270. The molecule has 128 valence electrons. The number of rotatable bonds is 2. The van der Waals surface area contributed by atoms with Crippen molar-refractivity contribution in [3.8, 4) is 0 Å². The van der Waals surface area contributed by atoms with Gasteiger partial charge in [-0.25, -0.2) is 0 Å². The molecule has 0 N–H and O–H groups in total. The van der Waals surface area contributed by atoms with E-state index in [2.05, 4.69) is 11.8 Å². The molecule has 3 heterocycles. The highest BCUT2D eigenvalue weighted by atomic mass is 32.2. The lowest BCUT2D eigenvalue weighted by Crippen LogP contribution is -2.58. The van der Waals surface area contributed by atoms with Gasteiger partial charge in [-0.3, -0.25) is 14.5 Å². The van der Waals surface area contributed by atoms with E-state index in [4.69, 9.17) is 0 Å². The van der Waals surface area contributed by atoms with Gasteiger partial charge in [0, 0.05) is 30.1 Å². The molecule has 3 aliphatic rings. The number of nitrogens with zero attached hydrogens (tertiary/aromatic N) is 3. The molecule has 1 aromatic rings.